The topological polar surface area (TPSA) is 53.4 Å². The first kappa shape index (κ1) is 19.2. The molecule has 4 rings (SSSR count). The van der Waals surface area contributed by atoms with Gasteiger partial charge in [0.25, 0.3) is 5.91 Å². The molecule has 1 aromatic heterocycles. The Labute approximate surface area is 167 Å². The minimum atomic E-state index is -0.192. The van der Waals surface area contributed by atoms with E-state index in [0.717, 1.165) is 62.6 Å². The summed E-state index contributed by atoms with van der Waals surface area (Å²) in [5, 5.41) is 8.21. The van der Waals surface area contributed by atoms with Gasteiger partial charge < -0.3 is 10.2 Å². The molecule has 1 amide bonds. The van der Waals surface area contributed by atoms with Crippen LogP contribution >= 0.6 is 0 Å². The maximum atomic E-state index is 13.4. The van der Waals surface area contributed by atoms with Gasteiger partial charge in [-0.1, -0.05) is 39.0 Å². The number of rotatable bonds is 3. The number of piperazine rings is 1. The number of hydrogen-bond acceptors (Lipinski definition) is 4. The van der Waals surface area contributed by atoms with E-state index in [1.807, 2.05) is 46.1 Å². The standard InChI is InChI=1S/C22H31N5O/c1-22(2,3)20-19(16-27(24-20)17-7-5-4-6-8-17)21(28)26-12-9-18(15-26)25-13-10-23-11-14-25/h4-8,16,18,23H,9-15H2,1-3H3. The number of nitrogens with one attached hydrogen (secondary N) is 1. The minimum absolute atomic E-state index is 0.116. The number of benzene rings is 1. The summed E-state index contributed by atoms with van der Waals surface area (Å²) in [6.07, 6.45) is 2.97. The number of carbonyl (C=O) groups is 1. The Balaban J connectivity index is 1.57. The Morgan fingerprint density at radius 1 is 1.11 bits per heavy atom. The van der Waals surface area contributed by atoms with E-state index in [1.54, 1.807) is 0 Å². The molecule has 6 nitrogen and oxygen atoms in total. The van der Waals surface area contributed by atoms with E-state index in [4.69, 9.17) is 5.10 Å². The van der Waals surface area contributed by atoms with Gasteiger partial charge in [-0.2, -0.15) is 5.10 Å². The molecule has 0 bridgehead atoms. The lowest BCUT2D eigenvalue weighted by molar-refractivity contribution is 0.0771. The molecule has 150 valence electrons. The third kappa shape index (κ3) is 3.84. The van der Waals surface area contributed by atoms with Crippen molar-refractivity contribution in [2.24, 2.45) is 0 Å². The van der Waals surface area contributed by atoms with Gasteiger partial charge in [0, 0.05) is 56.9 Å². The number of likely N-dealkylation sites (tertiary alicyclic amines) is 1. The van der Waals surface area contributed by atoms with Gasteiger partial charge in [-0.15, -0.1) is 0 Å². The lowest BCUT2D eigenvalue weighted by Crippen LogP contribution is -2.49. The summed E-state index contributed by atoms with van der Waals surface area (Å²) in [5.41, 5.74) is 2.39. The van der Waals surface area contributed by atoms with Crippen molar-refractivity contribution in [1.29, 1.82) is 0 Å². The molecule has 2 aliphatic rings. The summed E-state index contributed by atoms with van der Waals surface area (Å²) in [4.78, 5) is 18.0. The number of nitrogens with zero attached hydrogens (tertiary/aromatic N) is 4. The summed E-state index contributed by atoms with van der Waals surface area (Å²) >= 11 is 0. The highest BCUT2D eigenvalue weighted by Crippen LogP contribution is 2.28. The van der Waals surface area contributed by atoms with E-state index in [1.165, 1.54) is 0 Å². The van der Waals surface area contributed by atoms with Crippen LogP contribution in [0.25, 0.3) is 5.69 Å². The highest BCUT2D eigenvalue weighted by Gasteiger charge is 2.34. The van der Waals surface area contributed by atoms with Crippen LogP contribution in [0.1, 0.15) is 43.2 Å². The Hall–Kier alpha value is -2.18. The molecule has 2 saturated heterocycles. The third-order valence-electron chi connectivity index (χ3n) is 5.79. The van der Waals surface area contributed by atoms with Crippen molar-refractivity contribution in [2.45, 2.75) is 38.6 Å². The normalized spacial score (nSPS) is 21.2. The molecular weight excluding hydrogens is 350 g/mol. The van der Waals surface area contributed by atoms with Crippen LogP contribution in [0.15, 0.2) is 36.5 Å². The van der Waals surface area contributed by atoms with Gasteiger partial charge >= 0.3 is 0 Å². The minimum Gasteiger partial charge on any atom is -0.337 e. The summed E-state index contributed by atoms with van der Waals surface area (Å²) in [6.45, 7) is 12.2. The highest BCUT2D eigenvalue weighted by molar-refractivity contribution is 5.95. The average Bonchev–Trinajstić information content (AvgIpc) is 3.36. The molecule has 1 aromatic carbocycles. The monoisotopic (exact) mass is 381 g/mol. The lowest BCUT2D eigenvalue weighted by Gasteiger charge is -2.32. The molecule has 2 fully saturated rings. The Morgan fingerprint density at radius 2 is 1.82 bits per heavy atom. The van der Waals surface area contributed by atoms with Crippen molar-refractivity contribution >= 4 is 5.91 Å². The van der Waals surface area contributed by atoms with Crippen LogP contribution in [0.2, 0.25) is 0 Å². The molecule has 0 saturated carbocycles. The predicted octanol–water partition coefficient (Wildman–Crippen LogP) is 2.29. The summed E-state index contributed by atoms with van der Waals surface area (Å²) < 4.78 is 1.84. The highest BCUT2D eigenvalue weighted by atomic mass is 16.2. The van der Waals surface area contributed by atoms with Gasteiger partial charge in [-0.05, 0) is 18.6 Å². The molecule has 28 heavy (non-hydrogen) atoms. The van der Waals surface area contributed by atoms with Crippen molar-refractivity contribution < 1.29 is 4.79 Å². The zero-order chi connectivity index (χ0) is 19.7. The van der Waals surface area contributed by atoms with Crippen LogP contribution in [0, 0.1) is 0 Å². The fourth-order valence-corrected chi connectivity index (χ4v) is 4.24. The van der Waals surface area contributed by atoms with Gasteiger partial charge in [0.05, 0.1) is 16.9 Å². The van der Waals surface area contributed by atoms with Crippen LogP contribution in [0.4, 0.5) is 0 Å². The first-order chi connectivity index (χ1) is 13.4. The van der Waals surface area contributed by atoms with Crippen molar-refractivity contribution in [3.8, 4) is 5.69 Å². The molecule has 1 unspecified atom stereocenters. The second-order valence-corrected chi connectivity index (χ2v) is 8.90. The largest absolute Gasteiger partial charge is 0.337 e. The molecule has 1 N–H and O–H groups in total. The molecule has 0 radical (unpaired) electrons. The molecule has 3 heterocycles. The second kappa shape index (κ2) is 7.68. The van der Waals surface area contributed by atoms with Crippen LogP contribution in [-0.2, 0) is 5.41 Å². The quantitative estimate of drug-likeness (QED) is 0.886. The second-order valence-electron chi connectivity index (χ2n) is 8.90. The Bertz CT molecular complexity index is 817. The smallest absolute Gasteiger partial charge is 0.257 e. The Morgan fingerprint density at radius 3 is 2.50 bits per heavy atom. The van der Waals surface area contributed by atoms with Gasteiger partial charge in [0.1, 0.15) is 0 Å². The van der Waals surface area contributed by atoms with Crippen molar-refractivity contribution in [3.05, 3.63) is 47.8 Å². The van der Waals surface area contributed by atoms with Crippen molar-refractivity contribution in [2.75, 3.05) is 39.3 Å². The maximum absolute atomic E-state index is 13.4. The van der Waals surface area contributed by atoms with Crippen LogP contribution in [0.5, 0.6) is 0 Å². The fourth-order valence-electron chi connectivity index (χ4n) is 4.24. The first-order valence-electron chi connectivity index (χ1n) is 10.3. The van der Waals surface area contributed by atoms with E-state index >= 15 is 0 Å². The zero-order valence-electron chi connectivity index (χ0n) is 17.2. The SMILES string of the molecule is CC(C)(C)c1nn(-c2ccccc2)cc1C(=O)N1CCC(N2CCNCC2)C1. The molecule has 1 atom stereocenters. The van der Waals surface area contributed by atoms with Gasteiger partial charge in [-0.25, -0.2) is 4.68 Å². The number of hydrogen-bond donors (Lipinski definition) is 1. The van der Waals surface area contributed by atoms with E-state index in [0.29, 0.717) is 6.04 Å². The van der Waals surface area contributed by atoms with Crippen LogP contribution in [-0.4, -0.2) is 70.8 Å². The molecule has 0 aliphatic carbocycles. The number of aromatic nitrogens is 2. The van der Waals surface area contributed by atoms with Gasteiger partial charge in [0.2, 0.25) is 0 Å². The predicted molar refractivity (Wildman–Crippen MR) is 111 cm³/mol. The fraction of sp³-hybridized carbons (Fsp3) is 0.545. The molecule has 2 aliphatic heterocycles. The molecule has 0 spiro atoms. The maximum Gasteiger partial charge on any atom is 0.257 e. The van der Waals surface area contributed by atoms with Crippen molar-refractivity contribution in [1.82, 2.24) is 24.9 Å². The van der Waals surface area contributed by atoms with E-state index in [2.05, 4.69) is 31.0 Å². The van der Waals surface area contributed by atoms with Crippen LogP contribution in [0.3, 0.4) is 0 Å². The number of amides is 1. The molecular formula is C22H31N5O. The van der Waals surface area contributed by atoms with E-state index < -0.39 is 0 Å². The van der Waals surface area contributed by atoms with Crippen LogP contribution < -0.4 is 5.32 Å². The summed E-state index contributed by atoms with van der Waals surface area (Å²) in [6, 6.07) is 10.5. The lowest BCUT2D eigenvalue weighted by atomic mass is 9.89. The zero-order valence-corrected chi connectivity index (χ0v) is 17.2. The first-order valence-corrected chi connectivity index (χ1v) is 10.3. The molecule has 2 aromatic rings. The van der Waals surface area contributed by atoms with Gasteiger partial charge in [0.15, 0.2) is 0 Å². The average molecular weight is 382 g/mol. The van der Waals surface area contributed by atoms with Gasteiger partial charge in [-0.3, -0.25) is 9.69 Å². The van der Waals surface area contributed by atoms with E-state index in [-0.39, 0.29) is 11.3 Å². The number of para-hydroxylation sites is 1. The number of carbonyl (C=O) groups excluding carboxylic acids is 1. The third-order valence-corrected chi connectivity index (χ3v) is 5.79. The Kier molecular flexibility index (Phi) is 5.25. The summed E-state index contributed by atoms with van der Waals surface area (Å²) in [7, 11) is 0. The summed E-state index contributed by atoms with van der Waals surface area (Å²) in [5.74, 6) is 0.116. The molecule has 6 heteroatoms. The van der Waals surface area contributed by atoms with Crippen molar-refractivity contribution in [3.63, 3.8) is 0 Å². The van der Waals surface area contributed by atoms with E-state index in [9.17, 15) is 4.79 Å².